The average molecular weight is 361 g/mol. The first-order valence-electron chi connectivity index (χ1n) is 9.47. The highest BCUT2D eigenvalue weighted by atomic mass is 19.1. The molecule has 3 aromatic rings. The van der Waals surface area contributed by atoms with E-state index in [0.29, 0.717) is 12.2 Å². The highest BCUT2D eigenvalue weighted by Gasteiger charge is 2.26. The van der Waals surface area contributed by atoms with Crippen LogP contribution in [0.2, 0.25) is 0 Å². The van der Waals surface area contributed by atoms with Crippen LogP contribution >= 0.6 is 0 Å². The number of benzene rings is 2. The zero-order valence-corrected chi connectivity index (χ0v) is 15.3. The molecule has 3 nitrogen and oxygen atoms in total. The Balaban J connectivity index is 1.48. The average Bonchev–Trinajstić information content (AvgIpc) is 2.73. The molecule has 4 heteroatoms. The smallest absolute Gasteiger partial charge is 0.146 e. The van der Waals surface area contributed by atoms with Crippen molar-refractivity contribution in [3.05, 3.63) is 102 Å². The van der Waals surface area contributed by atoms with Crippen LogP contribution in [0.1, 0.15) is 22.9 Å². The van der Waals surface area contributed by atoms with E-state index < -0.39 is 0 Å². The second-order valence-electron chi connectivity index (χ2n) is 6.97. The molecule has 4 rings (SSSR count). The molecule has 0 unspecified atom stereocenters. The van der Waals surface area contributed by atoms with Gasteiger partial charge in [-0.1, -0.05) is 60.7 Å². The first kappa shape index (κ1) is 17.8. The highest BCUT2D eigenvalue weighted by molar-refractivity contribution is 5.32. The molecule has 138 valence electrons. The van der Waals surface area contributed by atoms with Gasteiger partial charge < -0.3 is 0 Å². The zero-order valence-electron chi connectivity index (χ0n) is 15.3. The van der Waals surface area contributed by atoms with Gasteiger partial charge in [0.15, 0.2) is 0 Å². The summed E-state index contributed by atoms with van der Waals surface area (Å²) in [5, 5.41) is 0. The van der Waals surface area contributed by atoms with Gasteiger partial charge in [0.1, 0.15) is 5.82 Å². The van der Waals surface area contributed by atoms with Crippen LogP contribution in [-0.4, -0.2) is 41.0 Å². The summed E-state index contributed by atoms with van der Waals surface area (Å²) in [6, 6.07) is 24.7. The van der Waals surface area contributed by atoms with Crippen molar-refractivity contribution >= 4 is 0 Å². The lowest BCUT2D eigenvalue weighted by molar-refractivity contribution is 0.103. The van der Waals surface area contributed by atoms with E-state index >= 15 is 0 Å². The standard InChI is InChI=1S/C23H24FN3/c24-21-12-7-13-25-22(21)18-26-14-16-27(17-15-26)23(19-8-3-1-4-9-19)20-10-5-2-6-11-20/h1-13,23H,14-18H2. The molecule has 1 fully saturated rings. The molecule has 0 atom stereocenters. The first-order chi connectivity index (χ1) is 13.3. The quantitative estimate of drug-likeness (QED) is 0.681. The summed E-state index contributed by atoms with van der Waals surface area (Å²) in [4.78, 5) is 9.00. The van der Waals surface area contributed by atoms with Gasteiger partial charge in [-0.3, -0.25) is 14.8 Å². The number of hydrogen-bond donors (Lipinski definition) is 0. The van der Waals surface area contributed by atoms with Crippen molar-refractivity contribution in [1.29, 1.82) is 0 Å². The van der Waals surface area contributed by atoms with E-state index in [-0.39, 0.29) is 11.9 Å². The maximum atomic E-state index is 13.9. The molecule has 0 saturated carbocycles. The molecule has 1 aliphatic heterocycles. The van der Waals surface area contributed by atoms with E-state index in [1.165, 1.54) is 17.2 Å². The Morgan fingerprint density at radius 3 is 1.93 bits per heavy atom. The van der Waals surface area contributed by atoms with E-state index in [1.54, 1.807) is 12.3 Å². The van der Waals surface area contributed by atoms with Crippen LogP contribution in [-0.2, 0) is 6.54 Å². The highest BCUT2D eigenvalue weighted by Crippen LogP contribution is 2.29. The van der Waals surface area contributed by atoms with Crippen molar-refractivity contribution in [1.82, 2.24) is 14.8 Å². The number of piperazine rings is 1. The fourth-order valence-corrected chi connectivity index (χ4v) is 3.81. The van der Waals surface area contributed by atoms with Crippen LogP contribution in [0.15, 0.2) is 79.0 Å². The predicted octanol–water partition coefficient (Wildman–Crippen LogP) is 4.13. The molecular formula is C23H24FN3. The summed E-state index contributed by atoms with van der Waals surface area (Å²) in [7, 11) is 0. The summed E-state index contributed by atoms with van der Waals surface area (Å²) in [5.41, 5.74) is 3.16. The molecule has 1 aromatic heterocycles. The molecule has 0 amide bonds. The number of pyridine rings is 1. The van der Waals surface area contributed by atoms with Crippen molar-refractivity contribution in [2.24, 2.45) is 0 Å². The Hall–Kier alpha value is -2.56. The van der Waals surface area contributed by atoms with Gasteiger partial charge in [-0.25, -0.2) is 4.39 Å². The maximum Gasteiger partial charge on any atom is 0.146 e. The Bertz CT molecular complexity index is 806. The SMILES string of the molecule is Fc1cccnc1CN1CCN(C(c2ccccc2)c2ccccc2)CC1. The summed E-state index contributed by atoms with van der Waals surface area (Å²) in [5.74, 6) is -0.216. The van der Waals surface area contributed by atoms with E-state index in [0.717, 1.165) is 26.2 Å². The fourth-order valence-electron chi connectivity index (χ4n) is 3.81. The van der Waals surface area contributed by atoms with Gasteiger partial charge in [0, 0.05) is 38.9 Å². The molecule has 0 spiro atoms. The van der Waals surface area contributed by atoms with Gasteiger partial charge in [0.05, 0.1) is 11.7 Å². The maximum absolute atomic E-state index is 13.9. The monoisotopic (exact) mass is 361 g/mol. The van der Waals surface area contributed by atoms with Gasteiger partial charge in [-0.05, 0) is 23.3 Å². The number of nitrogens with zero attached hydrogens (tertiary/aromatic N) is 3. The third-order valence-electron chi connectivity index (χ3n) is 5.21. The Kier molecular flexibility index (Phi) is 5.56. The van der Waals surface area contributed by atoms with Gasteiger partial charge >= 0.3 is 0 Å². The number of hydrogen-bond acceptors (Lipinski definition) is 3. The summed E-state index contributed by atoms with van der Waals surface area (Å²) in [6.07, 6.45) is 1.66. The molecule has 0 bridgehead atoms. The second kappa shape index (κ2) is 8.42. The molecule has 0 radical (unpaired) electrons. The predicted molar refractivity (Wildman–Crippen MR) is 106 cm³/mol. The normalized spacial score (nSPS) is 15.9. The van der Waals surface area contributed by atoms with Crippen LogP contribution in [0.5, 0.6) is 0 Å². The van der Waals surface area contributed by atoms with Crippen molar-refractivity contribution in [2.45, 2.75) is 12.6 Å². The van der Waals surface area contributed by atoms with E-state index in [9.17, 15) is 4.39 Å². The lowest BCUT2D eigenvalue weighted by atomic mass is 9.96. The first-order valence-corrected chi connectivity index (χ1v) is 9.47. The van der Waals surface area contributed by atoms with E-state index in [2.05, 4.69) is 75.4 Å². The van der Waals surface area contributed by atoms with Crippen LogP contribution in [0.25, 0.3) is 0 Å². The molecular weight excluding hydrogens is 337 g/mol. The number of halogens is 1. The Labute approximate surface area is 160 Å². The summed E-state index contributed by atoms with van der Waals surface area (Å²) < 4.78 is 13.9. The van der Waals surface area contributed by atoms with Crippen molar-refractivity contribution in [3.63, 3.8) is 0 Å². The van der Waals surface area contributed by atoms with Crippen molar-refractivity contribution in [3.8, 4) is 0 Å². The molecule has 1 saturated heterocycles. The number of aromatic nitrogens is 1. The largest absolute Gasteiger partial charge is 0.295 e. The lowest BCUT2D eigenvalue weighted by Crippen LogP contribution is -2.47. The van der Waals surface area contributed by atoms with Gasteiger partial charge in [0.25, 0.3) is 0 Å². The summed E-state index contributed by atoms with van der Waals surface area (Å²) in [6.45, 7) is 4.28. The molecule has 0 aliphatic carbocycles. The minimum atomic E-state index is -0.216. The van der Waals surface area contributed by atoms with E-state index in [1.807, 2.05) is 0 Å². The van der Waals surface area contributed by atoms with Crippen LogP contribution in [0, 0.1) is 5.82 Å². The summed E-state index contributed by atoms with van der Waals surface area (Å²) >= 11 is 0. The minimum absolute atomic E-state index is 0.216. The van der Waals surface area contributed by atoms with Crippen LogP contribution in [0.4, 0.5) is 4.39 Å². The fraction of sp³-hybridized carbons (Fsp3) is 0.261. The van der Waals surface area contributed by atoms with Crippen LogP contribution in [0.3, 0.4) is 0 Å². The molecule has 27 heavy (non-hydrogen) atoms. The van der Waals surface area contributed by atoms with Crippen molar-refractivity contribution in [2.75, 3.05) is 26.2 Å². The number of rotatable bonds is 5. The third kappa shape index (κ3) is 4.24. The third-order valence-corrected chi connectivity index (χ3v) is 5.21. The second-order valence-corrected chi connectivity index (χ2v) is 6.97. The molecule has 1 aliphatic rings. The van der Waals surface area contributed by atoms with Crippen LogP contribution < -0.4 is 0 Å². The van der Waals surface area contributed by atoms with Crippen molar-refractivity contribution < 1.29 is 4.39 Å². The van der Waals surface area contributed by atoms with Gasteiger partial charge in [0.2, 0.25) is 0 Å². The van der Waals surface area contributed by atoms with E-state index in [4.69, 9.17) is 0 Å². The zero-order chi connectivity index (χ0) is 18.5. The topological polar surface area (TPSA) is 19.4 Å². The van der Waals surface area contributed by atoms with Gasteiger partial charge in [-0.15, -0.1) is 0 Å². The Morgan fingerprint density at radius 1 is 0.778 bits per heavy atom. The molecule has 2 aromatic carbocycles. The minimum Gasteiger partial charge on any atom is -0.295 e. The Morgan fingerprint density at radius 2 is 1.37 bits per heavy atom. The lowest BCUT2D eigenvalue weighted by Gasteiger charge is -2.39. The molecule has 2 heterocycles. The van der Waals surface area contributed by atoms with Gasteiger partial charge in [-0.2, -0.15) is 0 Å². The molecule has 0 N–H and O–H groups in total.